The fourth-order valence-electron chi connectivity index (χ4n) is 2.99. The minimum atomic E-state index is 0.640. The van der Waals surface area contributed by atoms with Gasteiger partial charge in [-0.15, -0.1) is 4.68 Å². The minimum Gasteiger partial charge on any atom is -0.327 e. The summed E-state index contributed by atoms with van der Waals surface area (Å²) in [6.45, 7) is 13.4. The molecular weight excluding hydrogens is 264 g/mol. The number of aromatic nitrogens is 3. The van der Waals surface area contributed by atoms with Gasteiger partial charge in [0.1, 0.15) is 45.8 Å². The first-order valence-electron chi connectivity index (χ1n) is 8.16. The number of rotatable bonds is 6. The van der Waals surface area contributed by atoms with E-state index in [1.54, 1.807) is 0 Å². The molecule has 1 aliphatic rings. The Morgan fingerprint density at radius 2 is 1.90 bits per heavy atom. The SMILES string of the molecule is CC(C)[N+]1(C)CC[N+](C)(CC[n+]2cnn(CCN)c2)CC1. The van der Waals surface area contributed by atoms with E-state index in [-0.39, 0.29) is 0 Å². The number of quaternary nitrogens is 2. The van der Waals surface area contributed by atoms with Gasteiger partial charge in [-0.3, -0.25) is 0 Å². The van der Waals surface area contributed by atoms with Crippen molar-refractivity contribution in [2.24, 2.45) is 5.73 Å². The zero-order valence-electron chi connectivity index (χ0n) is 14.2. The highest BCUT2D eigenvalue weighted by Crippen LogP contribution is 2.18. The average Bonchev–Trinajstić information content (AvgIpc) is 2.89. The van der Waals surface area contributed by atoms with E-state index in [0.717, 1.165) is 19.1 Å². The molecule has 0 unspecified atom stereocenters. The molecule has 2 N–H and O–H groups in total. The molecule has 0 saturated carbocycles. The molecule has 120 valence electrons. The summed E-state index contributed by atoms with van der Waals surface area (Å²) in [5.74, 6) is 0. The molecular formula is C15H33N6+3. The van der Waals surface area contributed by atoms with Crippen LogP contribution in [0.4, 0.5) is 0 Å². The van der Waals surface area contributed by atoms with Gasteiger partial charge in [0.2, 0.25) is 6.33 Å². The topological polar surface area (TPSA) is 47.7 Å². The van der Waals surface area contributed by atoms with Crippen LogP contribution in [0, 0.1) is 0 Å². The highest BCUT2D eigenvalue weighted by atomic mass is 15.5. The third kappa shape index (κ3) is 4.02. The van der Waals surface area contributed by atoms with E-state index in [0.29, 0.717) is 6.54 Å². The Morgan fingerprint density at radius 1 is 1.24 bits per heavy atom. The molecule has 0 spiro atoms. The van der Waals surface area contributed by atoms with Gasteiger partial charge in [0.05, 0.1) is 20.1 Å². The highest BCUT2D eigenvalue weighted by molar-refractivity contribution is 4.53. The molecule has 1 aromatic rings. The second-order valence-corrected chi connectivity index (χ2v) is 7.35. The fraction of sp³-hybridized carbons (Fsp3) is 0.867. The van der Waals surface area contributed by atoms with Crippen LogP contribution in [0.1, 0.15) is 13.8 Å². The summed E-state index contributed by atoms with van der Waals surface area (Å²) in [4.78, 5) is 0. The van der Waals surface area contributed by atoms with Crippen molar-refractivity contribution in [2.75, 3.05) is 53.4 Å². The molecule has 0 radical (unpaired) electrons. The van der Waals surface area contributed by atoms with Crippen molar-refractivity contribution in [1.29, 1.82) is 0 Å². The van der Waals surface area contributed by atoms with Crippen LogP contribution >= 0.6 is 0 Å². The molecule has 0 atom stereocenters. The van der Waals surface area contributed by atoms with Gasteiger partial charge >= 0.3 is 0 Å². The van der Waals surface area contributed by atoms with Crippen LogP contribution in [-0.2, 0) is 13.1 Å². The third-order valence-corrected chi connectivity index (χ3v) is 5.43. The maximum atomic E-state index is 5.56. The smallest absolute Gasteiger partial charge is 0.265 e. The Balaban J connectivity index is 1.85. The van der Waals surface area contributed by atoms with Crippen molar-refractivity contribution in [3.05, 3.63) is 12.7 Å². The minimum absolute atomic E-state index is 0.640. The molecule has 21 heavy (non-hydrogen) atoms. The maximum absolute atomic E-state index is 5.56. The molecule has 0 bridgehead atoms. The zero-order valence-corrected chi connectivity index (χ0v) is 14.2. The lowest BCUT2D eigenvalue weighted by atomic mass is 10.1. The van der Waals surface area contributed by atoms with E-state index in [1.165, 1.54) is 41.7 Å². The highest BCUT2D eigenvalue weighted by Gasteiger charge is 2.38. The monoisotopic (exact) mass is 297 g/mol. The largest absolute Gasteiger partial charge is 0.327 e. The number of piperazine rings is 1. The van der Waals surface area contributed by atoms with E-state index in [9.17, 15) is 0 Å². The fourth-order valence-corrected chi connectivity index (χ4v) is 2.99. The number of likely N-dealkylation sites (N-methyl/N-ethyl adjacent to an activating group) is 2. The summed E-state index contributed by atoms with van der Waals surface area (Å²) in [5.41, 5.74) is 5.56. The molecule has 0 amide bonds. The lowest BCUT2D eigenvalue weighted by Crippen LogP contribution is -2.67. The van der Waals surface area contributed by atoms with Crippen molar-refractivity contribution < 1.29 is 13.5 Å². The van der Waals surface area contributed by atoms with Gasteiger partial charge in [-0.2, -0.15) is 0 Å². The summed E-state index contributed by atoms with van der Waals surface area (Å²) in [7, 11) is 4.80. The first-order chi connectivity index (χ1) is 9.87. The van der Waals surface area contributed by atoms with Gasteiger partial charge in [-0.05, 0) is 13.8 Å². The predicted octanol–water partition coefficient (Wildman–Crippen LogP) is -0.555. The Bertz CT molecular complexity index is 445. The second-order valence-electron chi connectivity index (χ2n) is 7.35. The molecule has 0 aliphatic carbocycles. The number of nitrogens with two attached hydrogens (primary N) is 1. The molecule has 1 fully saturated rings. The summed E-state index contributed by atoms with van der Waals surface area (Å²) in [6.07, 6.45) is 3.98. The van der Waals surface area contributed by atoms with E-state index in [1.807, 2.05) is 11.0 Å². The molecule has 6 heteroatoms. The van der Waals surface area contributed by atoms with Gasteiger partial charge < -0.3 is 14.7 Å². The molecule has 1 saturated heterocycles. The van der Waals surface area contributed by atoms with Gasteiger partial charge in [0, 0.05) is 11.6 Å². The van der Waals surface area contributed by atoms with Gasteiger partial charge in [-0.25, -0.2) is 4.57 Å². The van der Waals surface area contributed by atoms with E-state index >= 15 is 0 Å². The zero-order chi connectivity index (χ0) is 15.5. The number of hydrogen-bond donors (Lipinski definition) is 1. The first kappa shape index (κ1) is 16.4. The molecule has 1 aliphatic heterocycles. The Hall–Kier alpha value is -0.980. The van der Waals surface area contributed by atoms with Crippen molar-refractivity contribution in [1.82, 2.24) is 9.78 Å². The lowest BCUT2D eigenvalue weighted by molar-refractivity contribution is -1.03. The molecule has 6 nitrogen and oxygen atoms in total. The normalized spacial score (nSPS) is 30.0. The predicted molar refractivity (Wildman–Crippen MR) is 83.3 cm³/mol. The molecule has 2 rings (SSSR count). The number of nitrogens with zero attached hydrogens (tertiary/aromatic N) is 5. The summed E-state index contributed by atoms with van der Waals surface area (Å²) < 4.78 is 6.50. The van der Waals surface area contributed by atoms with Crippen molar-refractivity contribution >= 4 is 0 Å². The van der Waals surface area contributed by atoms with Crippen LogP contribution in [0.15, 0.2) is 12.7 Å². The van der Waals surface area contributed by atoms with E-state index in [2.05, 4.69) is 43.9 Å². The molecule has 2 heterocycles. The summed E-state index contributed by atoms with van der Waals surface area (Å²) in [6, 6.07) is 0.725. The molecule has 1 aromatic heterocycles. The summed E-state index contributed by atoms with van der Waals surface area (Å²) >= 11 is 0. The van der Waals surface area contributed by atoms with Crippen molar-refractivity contribution in [2.45, 2.75) is 33.0 Å². The quantitative estimate of drug-likeness (QED) is 0.565. The van der Waals surface area contributed by atoms with E-state index in [4.69, 9.17) is 5.73 Å². The van der Waals surface area contributed by atoms with Crippen molar-refractivity contribution in [3.8, 4) is 0 Å². The van der Waals surface area contributed by atoms with E-state index < -0.39 is 0 Å². The lowest BCUT2D eigenvalue weighted by Gasteiger charge is -2.48. The first-order valence-corrected chi connectivity index (χ1v) is 8.16. The Kier molecular flexibility index (Phi) is 5.01. The summed E-state index contributed by atoms with van der Waals surface area (Å²) in [5, 5.41) is 4.33. The molecule has 0 aromatic carbocycles. The van der Waals surface area contributed by atoms with Crippen molar-refractivity contribution in [3.63, 3.8) is 0 Å². The van der Waals surface area contributed by atoms with Crippen LogP contribution in [0.3, 0.4) is 0 Å². The second kappa shape index (κ2) is 6.42. The van der Waals surface area contributed by atoms with Gasteiger partial charge in [-0.1, -0.05) is 0 Å². The third-order valence-electron chi connectivity index (χ3n) is 5.43. The van der Waals surface area contributed by atoms with Crippen LogP contribution in [-0.4, -0.2) is 78.2 Å². The van der Waals surface area contributed by atoms with Crippen LogP contribution in [0.2, 0.25) is 0 Å². The van der Waals surface area contributed by atoms with Crippen LogP contribution in [0.25, 0.3) is 0 Å². The van der Waals surface area contributed by atoms with Gasteiger partial charge in [0.15, 0.2) is 0 Å². The standard InChI is InChI=1S/C15H33N6/c1-15(2)21(4)11-9-20(3,10-12-21)8-7-18-13-17-19(14-18)6-5-16/h13-15H,5-12,16H2,1-4H3/q+3. The number of hydrogen-bond acceptors (Lipinski definition) is 2. The van der Waals surface area contributed by atoms with Gasteiger partial charge in [0.25, 0.3) is 6.33 Å². The average molecular weight is 297 g/mol. The maximum Gasteiger partial charge on any atom is 0.265 e. The van der Waals surface area contributed by atoms with Crippen LogP contribution in [0.5, 0.6) is 0 Å². The van der Waals surface area contributed by atoms with Crippen LogP contribution < -0.4 is 10.3 Å². The Morgan fingerprint density at radius 3 is 2.48 bits per heavy atom. The Labute approximate surface area is 128 Å².